The molecular formula is C15H15ClN2O. The summed E-state index contributed by atoms with van der Waals surface area (Å²) in [6.45, 7) is 2.43. The fourth-order valence-corrected chi connectivity index (χ4v) is 1.83. The molecule has 19 heavy (non-hydrogen) atoms. The predicted molar refractivity (Wildman–Crippen MR) is 78.0 cm³/mol. The SMILES string of the molecule is Cc1ccc(Cl)cc1OCc1ccc(C(=N)N)cc1. The fourth-order valence-electron chi connectivity index (χ4n) is 1.67. The number of hydrogen-bond acceptors (Lipinski definition) is 2. The van der Waals surface area contributed by atoms with Gasteiger partial charge in [0.1, 0.15) is 18.2 Å². The molecule has 0 fully saturated rings. The summed E-state index contributed by atoms with van der Waals surface area (Å²) in [4.78, 5) is 0. The summed E-state index contributed by atoms with van der Waals surface area (Å²) >= 11 is 5.94. The summed E-state index contributed by atoms with van der Waals surface area (Å²) in [6.07, 6.45) is 0. The summed E-state index contributed by atoms with van der Waals surface area (Å²) in [7, 11) is 0. The van der Waals surface area contributed by atoms with Crippen LogP contribution in [0.15, 0.2) is 42.5 Å². The molecule has 0 atom stereocenters. The number of nitrogens with one attached hydrogen (secondary N) is 1. The normalized spacial score (nSPS) is 10.2. The molecule has 4 heteroatoms. The number of benzene rings is 2. The minimum Gasteiger partial charge on any atom is -0.489 e. The quantitative estimate of drug-likeness (QED) is 0.662. The van der Waals surface area contributed by atoms with Crippen LogP contribution in [0.3, 0.4) is 0 Å². The molecule has 2 rings (SSSR count). The molecule has 0 heterocycles. The van der Waals surface area contributed by atoms with Gasteiger partial charge < -0.3 is 10.5 Å². The van der Waals surface area contributed by atoms with E-state index < -0.39 is 0 Å². The van der Waals surface area contributed by atoms with Crippen LogP contribution in [0.4, 0.5) is 0 Å². The number of hydrogen-bond donors (Lipinski definition) is 2. The van der Waals surface area contributed by atoms with Crippen LogP contribution in [0.25, 0.3) is 0 Å². The first-order chi connectivity index (χ1) is 9.06. The van der Waals surface area contributed by atoms with Gasteiger partial charge in [0.25, 0.3) is 0 Å². The van der Waals surface area contributed by atoms with Gasteiger partial charge in [-0.25, -0.2) is 0 Å². The molecule has 2 aromatic carbocycles. The third-order valence-corrected chi connectivity index (χ3v) is 3.04. The van der Waals surface area contributed by atoms with Crippen molar-refractivity contribution in [2.75, 3.05) is 0 Å². The Morgan fingerprint density at radius 3 is 2.53 bits per heavy atom. The number of halogens is 1. The molecule has 0 amide bonds. The van der Waals surface area contributed by atoms with Crippen molar-refractivity contribution in [3.63, 3.8) is 0 Å². The predicted octanol–water partition coefficient (Wildman–Crippen LogP) is 3.51. The monoisotopic (exact) mass is 274 g/mol. The van der Waals surface area contributed by atoms with Gasteiger partial charge in [-0.2, -0.15) is 0 Å². The molecular weight excluding hydrogens is 260 g/mol. The number of amidine groups is 1. The molecule has 98 valence electrons. The van der Waals surface area contributed by atoms with E-state index in [1.165, 1.54) is 0 Å². The van der Waals surface area contributed by atoms with Crippen molar-refractivity contribution in [1.82, 2.24) is 0 Å². The number of ether oxygens (including phenoxy) is 1. The molecule has 2 aromatic rings. The van der Waals surface area contributed by atoms with Crippen LogP contribution >= 0.6 is 11.6 Å². The zero-order valence-electron chi connectivity index (χ0n) is 10.6. The fraction of sp³-hybridized carbons (Fsp3) is 0.133. The van der Waals surface area contributed by atoms with E-state index in [4.69, 9.17) is 27.5 Å². The first kappa shape index (κ1) is 13.4. The summed E-state index contributed by atoms with van der Waals surface area (Å²) in [5.41, 5.74) is 8.18. The maximum atomic E-state index is 7.33. The van der Waals surface area contributed by atoms with Gasteiger partial charge in [-0.15, -0.1) is 0 Å². The first-order valence-corrected chi connectivity index (χ1v) is 6.26. The maximum Gasteiger partial charge on any atom is 0.124 e. The van der Waals surface area contributed by atoms with Crippen LogP contribution in [0.5, 0.6) is 5.75 Å². The highest BCUT2D eigenvalue weighted by Crippen LogP contribution is 2.23. The highest BCUT2D eigenvalue weighted by Gasteiger charge is 2.02. The minimum absolute atomic E-state index is 0.0677. The van der Waals surface area contributed by atoms with Gasteiger partial charge in [-0.3, -0.25) is 5.41 Å². The van der Waals surface area contributed by atoms with E-state index in [1.807, 2.05) is 43.3 Å². The first-order valence-electron chi connectivity index (χ1n) is 5.88. The van der Waals surface area contributed by atoms with Crippen molar-refractivity contribution in [3.8, 4) is 5.75 Å². The molecule has 0 spiro atoms. The second-order valence-electron chi connectivity index (χ2n) is 4.31. The highest BCUT2D eigenvalue weighted by molar-refractivity contribution is 6.30. The van der Waals surface area contributed by atoms with E-state index in [9.17, 15) is 0 Å². The van der Waals surface area contributed by atoms with Gasteiger partial charge in [-0.1, -0.05) is 41.9 Å². The highest BCUT2D eigenvalue weighted by atomic mass is 35.5. The van der Waals surface area contributed by atoms with Crippen LogP contribution in [0, 0.1) is 12.3 Å². The standard InChI is InChI=1S/C15H15ClN2O/c1-10-2-7-13(16)8-14(10)19-9-11-3-5-12(6-4-11)15(17)18/h2-8H,9H2,1H3,(H3,17,18). The van der Waals surface area contributed by atoms with Crippen molar-refractivity contribution in [1.29, 1.82) is 5.41 Å². The third kappa shape index (κ3) is 3.48. The van der Waals surface area contributed by atoms with Crippen molar-refractivity contribution in [2.24, 2.45) is 5.73 Å². The molecule has 0 aliphatic heterocycles. The lowest BCUT2D eigenvalue weighted by atomic mass is 10.1. The molecule has 3 N–H and O–H groups in total. The molecule has 0 saturated heterocycles. The van der Waals surface area contributed by atoms with Gasteiger partial charge in [0.2, 0.25) is 0 Å². The van der Waals surface area contributed by atoms with E-state index in [0.717, 1.165) is 16.9 Å². The van der Waals surface area contributed by atoms with Gasteiger partial charge in [0.05, 0.1) is 0 Å². The number of nitrogens with two attached hydrogens (primary N) is 1. The lowest BCUT2D eigenvalue weighted by Gasteiger charge is -2.10. The topological polar surface area (TPSA) is 59.1 Å². The van der Waals surface area contributed by atoms with E-state index in [0.29, 0.717) is 17.2 Å². The summed E-state index contributed by atoms with van der Waals surface area (Å²) in [5.74, 6) is 0.848. The Labute approximate surface area is 117 Å². The zero-order valence-corrected chi connectivity index (χ0v) is 11.4. The van der Waals surface area contributed by atoms with E-state index >= 15 is 0 Å². The Morgan fingerprint density at radius 1 is 1.21 bits per heavy atom. The van der Waals surface area contributed by atoms with Crippen LogP contribution in [-0.4, -0.2) is 5.84 Å². The summed E-state index contributed by atoms with van der Waals surface area (Å²) in [6, 6.07) is 13.0. The van der Waals surface area contributed by atoms with Crippen LogP contribution in [-0.2, 0) is 6.61 Å². The van der Waals surface area contributed by atoms with Gasteiger partial charge in [0, 0.05) is 10.6 Å². The number of rotatable bonds is 4. The second kappa shape index (κ2) is 5.76. The van der Waals surface area contributed by atoms with Crippen molar-refractivity contribution >= 4 is 17.4 Å². The second-order valence-corrected chi connectivity index (χ2v) is 4.75. The Hall–Kier alpha value is -2.00. The largest absolute Gasteiger partial charge is 0.489 e. The lowest BCUT2D eigenvalue weighted by molar-refractivity contribution is 0.304. The van der Waals surface area contributed by atoms with Gasteiger partial charge in [-0.05, 0) is 30.2 Å². The molecule has 0 unspecified atom stereocenters. The van der Waals surface area contributed by atoms with Crippen LogP contribution in [0.1, 0.15) is 16.7 Å². The lowest BCUT2D eigenvalue weighted by Crippen LogP contribution is -2.10. The summed E-state index contributed by atoms with van der Waals surface area (Å²) in [5, 5.41) is 7.99. The Kier molecular flexibility index (Phi) is 4.07. The number of nitrogen functional groups attached to an aromatic ring is 1. The van der Waals surface area contributed by atoms with Crippen molar-refractivity contribution in [2.45, 2.75) is 13.5 Å². The van der Waals surface area contributed by atoms with Crippen molar-refractivity contribution in [3.05, 3.63) is 64.2 Å². The summed E-state index contributed by atoms with van der Waals surface area (Å²) < 4.78 is 5.73. The molecule has 3 nitrogen and oxygen atoms in total. The Balaban J connectivity index is 2.06. The molecule has 0 radical (unpaired) electrons. The van der Waals surface area contributed by atoms with Crippen molar-refractivity contribution < 1.29 is 4.74 Å². The van der Waals surface area contributed by atoms with Crippen LogP contribution in [0.2, 0.25) is 5.02 Å². The van der Waals surface area contributed by atoms with Gasteiger partial charge >= 0.3 is 0 Å². The molecule has 0 saturated carbocycles. The molecule has 0 aliphatic carbocycles. The molecule has 0 aromatic heterocycles. The average molecular weight is 275 g/mol. The molecule has 0 aliphatic rings. The molecule has 0 bridgehead atoms. The Bertz CT molecular complexity index is 594. The average Bonchev–Trinajstić information content (AvgIpc) is 2.40. The maximum absolute atomic E-state index is 7.33. The zero-order chi connectivity index (χ0) is 13.8. The van der Waals surface area contributed by atoms with E-state index in [2.05, 4.69) is 0 Å². The third-order valence-electron chi connectivity index (χ3n) is 2.81. The van der Waals surface area contributed by atoms with Gasteiger partial charge in [0.15, 0.2) is 0 Å². The Morgan fingerprint density at radius 2 is 1.89 bits per heavy atom. The van der Waals surface area contributed by atoms with Crippen LogP contribution < -0.4 is 10.5 Å². The van der Waals surface area contributed by atoms with E-state index in [-0.39, 0.29) is 5.84 Å². The number of aryl methyl sites for hydroxylation is 1. The smallest absolute Gasteiger partial charge is 0.124 e. The minimum atomic E-state index is 0.0677. The van der Waals surface area contributed by atoms with E-state index in [1.54, 1.807) is 6.07 Å².